The molecular weight excluding hydrogens is 322 g/mol. The lowest BCUT2D eigenvalue weighted by molar-refractivity contribution is 0.282. The Morgan fingerprint density at radius 2 is 0.538 bits per heavy atom. The van der Waals surface area contributed by atoms with Crippen molar-refractivity contribution in [3.63, 3.8) is 0 Å². The van der Waals surface area contributed by atoms with Crippen LogP contribution in [0.25, 0.3) is 0 Å². The van der Waals surface area contributed by atoms with Gasteiger partial charge in [0, 0.05) is 13.2 Å². The minimum Gasteiger partial charge on any atom is -0.396 e. The van der Waals surface area contributed by atoms with Gasteiger partial charge in [-0.3, -0.25) is 0 Å². The van der Waals surface area contributed by atoms with Crippen LogP contribution in [0.2, 0.25) is 0 Å². The Morgan fingerprint density at radius 1 is 0.308 bits per heavy atom. The topological polar surface area (TPSA) is 52.5 Å². The molecule has 0 aliphatic rings. The normalized spacial score (nSPS) is 11.3. The van der Waals surface area contributed by atoms with E-state index in [9.17, 15) is 0 Å². The number of rotatable bonds is 23. The number of hydrogen-bond acceptors (Lipinski definition) is 3. The summed E-state index contributed by atoms with van der Waals surface area (Å²) in [5, 5.41) is 21.0. The third kappa shape index (κ3) is 23.9. The van der Waals surface area contributed by atoms with E-state index < -0.39 is 0 Å². The van der Waals surface area contributed by atoms with E-state index in [0.717, 1.165) is 12.8 Å². The molecule has 3 N–H and O–H groups in total. The summed E-state index contributed by atoms with van der Waals surface area (Å²) in [7, 11) is 0. The maximum Gasteiger partial charge on any atom is 0.0431 e. The van der Waals surface area contributed by atoms with Gasteiger partial charge in [0.25, 0.3) is 0 Å². The van der Waals surface area contributed by atoms with E-state index in [4.69, 9.17) is 10.2 Å². The molecule has 0 aliphatic heterocycles. The lowest BCUT2D eigenvalue weighted by atomic mass is 10.0. The van der Waals surface area contributed by atoms with Gasteiger partial charge in [-0.15, -0.1) is 0 Å². The number of unbranched alkanes of at least 4 members (excludes halogenated alkanes) is 17. The van der Waals surface area contributed by atoms with Gasteiger partial charge in [0.2, 0.25) is 0 Å². The molecule has 3 nitrogen and oxygen atoms in total. The highest BCUT2D eigenvalue weighted by Gasteiger charge is 1.95. The Bertz CT molecular complexity index is 212. The maximum absolute atomic E-state index is 8.72. The molecule has 0 amide bonds. The average Bonchev–Trinajstić information content (AvgIpc) is 2.66. The maximum atomic E-state index is 8.72. The molecule has 0 aromatic heterocycles. The first-order chi connectivity index (χ1) is 12.9. The van der Waals surface area contributed by atoms with Crippen LogP contribution in [0.5, 0.6) is 0 Å². The van der Waals surface area contributed by atoms with Gasteiger partial charge >= 0.3 is 0 Å². The third-order valence-corrected chi connectivity index (χ3v) is 5.27. The second-order valence-electron chi connectivity index (χ2n) is 7.91. The number of aliphatic hydroxyl groups is 2. The highest BCUT2D eigenvalue weighted by molar-refractivity contribution is 4.52. The van der Waals surface area contributed by atoms with Crippen LogP contribution >= 0.6 is 0 Å². The van der Waals surface area contributed by atoms with Crippen LogP contribution < -0.4 is 5.32 Å². The largest absolute Gasteiger partial charge is 0.396 e. The third-order valence-electron chi connectivity index (χ3n) is 5.27. The van der Waals surface area contributed by atoms with E-state index in [0.29, 0.717) is 13.2 Å². The zero-order valence-corrected chi connectivity index (χ0v) is 17.7. The first-order valence-corrected chi connectivity index (χ1v) is 11.8. The molecule has 0 unspecified atom stereocenters. The average molecular weight is 372 g/mol. The van der Waals surface area contributed by atoms with Crippen LogP contribution in [0.3, 0.4) is 0 Å². The molecule has 0 aliphatic carbocycles. The highest BCUT2D eigenvalue weighted by Crippen LogP contribution is 2.12. The van der Waals surface area contributed by atoms with Gasteiger partial charge in [-0.05, 0) is 38.8 Å². The minimum absolute atomic E-state index is 0.352. The monoisotopic (exact) mass is 371 g/mol. The molecule has 0 atom stereocenters. The number of aliphatic hydroxyl groups excluding tert-OH is 2. The van der Waals surface area contributed by atoms with Crippen molar-refractivity contribution in [3.05, 3.63) is 0 Å². The van der Waals surface area contributed by atoms with Crippen molar-refractivity contribution in [2.75, 3.05) is 26.3 Å². The molecule has 0 aromatic rings. The van der Waals surface area contributed by atoms with E-state index in [1.54, 1.807) is 0 Å². The Morgan fingerprint density at radius 3 is 0.808 bits per heavy atom. The van der Waals surface area contributed by atoms with E-state index >= 15 is 0 Å². The fourth-order valence-electron chi connectivity index (χ4n) is 3.50. The van der Waals surface area contributed by atoms with Gasteiger partial charge in [-0.1, -0.05) is 96.3 Å². The van der Waals surface area contributed by atoms with Gasteiger partial charge in [-0.25, -0.2) is 0 Å². The van der Waals surface area contributed by atoms with Gasteiger partial charge in [0.1, 0.15) is 0 Å². The Kier molecular flexibility index (Phi) is 24.8. The molecular formula is C23H49NO2. The first-order valence-electron chi connectivity index (χ1n) is 11.8. The fourth-order valence-corrected chi connectivity index (χ4v) is 3.50. The first kappa shape index (κ1) is 25.9. The van der Waals surface area contributed by atoms with Crippen LogP contribution in [-0.4, -0.2) is 36.5 Å². The molecule has 0 heterocycles. The molecule has 0 fully saturated rings. The quantitative estimate of drug-likeness (QED) is 0.194. The van der Waals surface area contributed by atoms with Crippen molar-refractivity contribution in [1.29, 1.82) is 0 Å². The molecule has 0 aromatic carbocycles. The summed E-state index contributed by atoms with van der Waals surface area (Å²) in [5.74, 6) is 0. The lowest BCUT2D eigenvalue weighted by Crippen LogP contribution is -2.16. The molecule has 3 heteroatoms. The second-order valence-corrected chi connectivity index (χ2v) is 7.91. The molecule has 0 rings (SSSR count). The van der Waals surface area contributed by atoms with Gasteiger partial charge in [0.15, 0.2) is 0 Å². The number of nitrogens with one attached hydrogen (secondary N) is 1. The van der Waals surface area contributed by atoms with E-state index in [-0.39, 0.29) is 0 Å². The predicted molar refractivity (Wildman–Crippen MR) is 115 cm³/mol. The minimum atomic E-state index is 0.352. The predicted octanol–water partition coefficient (Wildman–Crippen LogP) is 5.97. The molecule has 26 heavy (non-hydrogen) atoms. The van der Waals surface area contributed by atoms with Crippen molar-refractivity contribution in [1.82, 2.24) is 5.32 Å². The van der Waals surface area contributed by atoms with Gasteiger partial charge < -0.3 is 15.5 Å². The molecule has 0 spiro atoms. The summed E-state index contributed by atoms with van der Waals surface area (Å²) in [6.45, 7) is 3.07. The van der Waals surface area contributed by atoms with Crippen molar-refractivity contribution in [2.45, 2.75) is 122 Å². The van der Waals surface area contributed by atoms with E-state index in [2.05, 4.69) is 5.32 Å². The summed E-state index contributed by atoms with van der Waals surface area (Å²) in [4.78, 5) is 0. The SMILES string of the molecule is OCCCCCCCCCCCCCCCCNCCCCCCCO. The van der Waals surface area contributed by atoms with Crippen LogP contribution in [0.4, 0.5) is 0 Å². The fraction of sp³-hybridized carbons (Fsp3) is 1.00. The summed E-state index contributed by atoms with van der Waals surface area (Å²) < 4.78 is 0. The van der Waals surface area contributed by atoms with Crippen molar-refractivity contribution >= 4 is 0 Å². The zero-order valence-electron chi connectivity index (χ0n) is 17.7. The summed E-state index contributed by atoms with van der Waals surface area (Å²) >= 11 is 0. The zero-order chi connectivity index (χ0) is 19.0. The Balaban J connectivity index is 2.95. The molecule has 0 saturated carbocycles. The van der Waals surface area contributed by atoms with Crippen LogP contribution in [0.15, 0.2) is 0 Å². The number of hydrogen-bond donors (Lipinski definition) is 3. The van der Waals surface area contributed by atoms with Gasteiger partial charge in [-0.2, -0.15) is 0 Å². The van der Waals surface area contributed by atoms with Crippen LogP contribution in [0, 0.1) is 0 Å². The Labute approximate surface area is 164 Å². The van der Waals surface area contributed by atoms with Crippen LogP contribution in [0.1, 0.15) is 122 Å². The molecule has 0 bridgehead atoms. The molecule has 0 saturated heterocycles. The van der Waals surface area contributed by atoms with Gasteiger partial charge in [0.05, 0.1) is 0 Å². The van der Waals surface area contributed by atoms with Crippen molar-refractivity contribution in [3.8, 4) is 0 Å². The van der Waals surface area contributed by atoms with Crippen LogP contribution in [-0.2, 0) is 0 Å². The van der Waals surface area contributed by atoms with Crippen molar-refractivity contribution < 1.29 is 10.2 Å². The standard InChI is InChI=1S/C23H49NO2/c25-22-18-14-10-8-6-4-2-1-3-5-7-9-12-16-20-24-21-17-13-11-15-19-23-26/h24-26H,1-23H2. The summed E-state index contributed by atoms with van der Waals surface area (Å²) in [5.41, 5.74) is 0. The van der Waals surface area contributed by atoms with E-state index in [1.165, 1.54) is 122 Å². The smallest absolute Gasteiger partial charge is 0.0431 e. The Hall–Kier alpha value is -0.120. The van der Waals surface area contributed by atoms with E-state index in [1.807, 2.05) is 0 Å². The summed E-state index contributed by atoms with van der Waals surface area (Å²) in [6, 6.07) is 0. The summed E-state index contributed by atoms with van der Waals surface area (Å²) in [6.07, 6.45) is 24.9. The highest BCUT2D eigenvalue weighted by atomic mass is 16.3. The molecule has 0 radical (unpaired) electrons. The van der Waals surface area contributed by atoms with Crippen molar-refractivity contribution in [2.24, 2.45) is 0 Å². The molecule has 158 valence electrons. The second kappa shape index (κ2) is 24.9. The lowest BCUT2D eigenvalue weighted by Gasteiger charge is -2.05.